The summed E-state index contributed by atoms with van der Waals surface area (Å²) in [5.74, 6) is 2.53. The molecule has 1 aliphatic carbocycles. The van der Waals surface area contributed by atoms with E-state index in [1.807, 2.05) is 0 Å². The van der Waals surface area contributed by atoms with Gasteiger partial charge in [-0.1, -0.05) is 91.0 Å². The molecule has 4 heterocycles. The van der Waals surface area contributed by atoms with E-state index in [1.165, 1.54) is 41.3 Å². The first kappa shape index (κ1) is 32.5. The van der Waals surface area contributed by atoms with Gasteiger partial charge in [-0.15, -0.1) is 0 Å². The molecule has 0 amide bonds. The molecule has 0 spiro atoms. The second-order valence-corrected chi connectivity index (χ2v) is 13.1. The quantitative estimate of drug-likeness (QED) is 0.0848. The van der Waals surface area contributed by atoms with E-state index in [0.29, 0.717) is 47.4 Å². The highest BCUT2D eigenvalue weighted by molar-refractivity contribution is 5.83. The number of rotatable bonds is 15. The summed E-state index contributed by atoms with van der Waals surface area (Å²) in [4.78, 5) is 18.4. The topological polar surface area (TPSA) is 93.7 Å². The number of nitrogens with zero attached hydrogens (tertiary/aromatic N) is 5. The summed E-state index contributed by atoms with van der Waals surface area (Å²) < 4.78 is 22.7. The van der Waals surface area contributed by atoms with Crippen LogP contribution in [0.5, 0.6) is 0 Å². The minimum absolute atomic E-state index is 0.195. The predicted octanol–water partition coefficient (Wildman–Crippen LogP) is 7.73. The zero-order chi connectivity index (χ0) is 34.5. The molecule has 4 aromatic heterocycles. The normalized spacial score (nSPS) is 13.1. The Morgan fingerprint density at radius 3 is 2.06 bits per heavy atom. The summed E-state index contributed by atoms with van der Waals surface area (Å²) in [6.45, 7) is 1.61. The smallest absolute Gasteiger partial charge is 0.196 e. The Hall–Kier alpha value is -5.67. The molecule has 2 N–H and O–H groups in total. The molecule has 0 atom stereocenters. The number of benzene rings is 3. The molecular weight excluding hydrogens is 638 g/mol. The van der Waals surface area contributed by atoms with Crippen molar-refractivity contribution in [3.05, 3.63) is 173 Å². The maximum Gasteiger partial charge on any atom is 0.196 e. The van der Waals surface area contributed by atoms with E-state index in [-0.39, 0.29) is 12.4 Å². The van der Waals surface area contributed by atoms with Crippen LogP contribution in [-0.2, 0) is 31.3 Å². The van der Waals surface area contributed by atoms with Crippen LogP contribution in [0.15, 0.2) is 132 Å². The fourth-order valence-electron chi connectivity index (χ4n) is 7.08. The lowest BCUT2D eigenvalue weighted by Crippen LogP contribution is -2.40. The van der Waals surface area contributed by atoms with E-state index in [0.717, 1.165) is 25.2 Å². The van der Waals surface area contributed by atoms with Gasteiger partial charge in [-0.05, 0) is 54.0 Å². The molecule has 0 saturated heterocycles. The highest BCUT2D eigenvalue weighted by Gasteiger charge is 2.41. The van der Waals surface area contributed by atoms with Crippen molar-refractivity contribution in [3.63, 3.8) is 0 Å². The highest BCUT2D eigenvalue weighted by atomic mass is 19.1. The zero-order valence-electron chi connectivity index (χ0n) is 28.4. The summed E-state index contributed by atoms with van der Waals surface area (Å²) >= 11 is 0. The molecule has 1 fully saturated rings. The number of nitrogens with one attached hydrogen (secondary N) is 2. The van der Waals surface area contributed by atoms with Gasteiger partial charge in [0.1, 0.15) is 17.2 Å². The standard InChI is InChI=1S/C42H40FN7O/c43-35-17-10-23-45-36(35)29-48-41-40-37(20-26-46-41)51-39(49-40)22-25-44-24-21-38-47-28-34(27-30-18-19-30)50(38)42(31-11-4-1-5-12-31,32-13-6-2-7-14-32)33-15-8-3-9-16-33/h1-17,20,23,26,28,30,44H,18-19,21-22,24-25,27,29H2,(H,46,48). The van der Waals surface area contributed by atoms with Crippen LogP contribution in [0, 0.1) is 11.7 Å². The minimum atomic E-state index is -0.597. The molecule has 9 heteroatoms. The zero-order valence-corrected chi connectivity index (χ0v) is 28.4. The molecule has 3 aromatic carbocycles. The van der Waals surface area contributed by atoms with Gasteiger partial charge in [0.25, 0.3) is 0 Å². The Morgan fingerprint density at radius 2 is 1.41 bits per heavy atom. The summed E-state index contributed by atoms with van der Waals surface area (Å²) in [5.41, 5.74) is 5.85. The van der Waals surface area contributed by atoms with Crippen LogP contribution < -0.4 is 10.6 Å². The Bertz CT molecular complexity index is 2100. The van der Waals surface area contributed by atoms with E-state index in [9.17, 15) is 4.39 Å². The SMILES string of the molecule is Fc1cccnc1CNc1nccc2oc(CCNCCc3ncc(CC4CC4)n3C(c3ccccc3)(c3ccccc3)c3ccccc3)nc12. The van der Waals surface area contributed by atoms with Gasteiger partial charge in [0, 0.05) is 56.3 Å². The van der Waals surface area contributed by atoms with Crippen molar-refractivity contribution in [1.29, 1.82) is 0 Å². The average Bonchev–Trinajstić information content (AvgIpc) is 3.76. The molecule has 8 rings (SSSR count). The van der Waals surface area contributed by atoms with E-state index < -0.39 is 5.54 Å². The molecule has 7 aromatic rings. The van der Waals surface area contributed by atoms with Crippen molar-refractivity contribution in [2.75, 3.05) is 18.4 Å². The van der Waals surface area contributed by atoms with E-state index in [2.05, 4.69) is 122 Å². The van der Waals surface area contributed by atoms with Crippen LogP contribution in [0.25, 0.3) is 11.1 Å². The largest absolute Gasteiger partial charge is 0.440 e. The third-order valence-electron chi connectivity index (χ3n) is 9.66. The third kappa shape index (κ3) is 6.77. The van der Waals surface area contributed by atoms with Crippen molar-refractivity contribution in [1.82, 2.24) is 29.8 Å². The lowest BCUT2D eigenvalue weighted by Gasteiger charge is -2.40. The monoisotopic (exact) mass is 677 g/mol. The Labute approximate surface area is 296 Å². The summed E-state index contributed by atoms with van der Waals surface area (Å²) in [6.07, 6.45) is 10.2. The van der Waals surface area contributed by atoms with E-state index >= 15 is 0 Å². The lowest BCUT2D eigenvalue weighted by atomic mass is 9.76. The van der Waals surface area contributed by atoms with Gasteiger partial charge in [0.15, 0.2) is 22.8 Å². The summed E-state index contributed by atoms with van der Waals surface area (Å²) in [7, 11) is 0. The average molecular weight is 678 g/mol. The second kappa shape index (κ2) is 14.7. The molecule has 8 nitrogen and oxygen atoms in total. The van der Waals surface area contributed by atoms with E-state index in [1.54, 1.807) is 24.5 Å². The second-order valence-electron chi connectivity index (χ2n) is 13.1. The summed E-state index contributed by atoms with van der Waals surface area (Å²) in [6, 6.07) is 37.3. The first-order valence-electron chi connectivity index (χ1n) is 17.7. The molecule has 256 valence electrons. The maximum atomic E-state index is 14.1. The predicted molar refractivity (Wildman–Crippen MR) is 197 cm³/mol. The van der Waals surface area contributed by atoms with Crippen molar-refractivity contribution in [3.8, 4) is 0 Å². The summed E-state index contributed by atoms with van der Waals surface area (Å²) in [5, 5.41) is 6.78. The van der Waals surface area contributed by atoms with Gasteiger partial charge in [0.2, 0.25) is 0 Å². The number of imidazole rings is 1. The first-order chi connectivity index (χ1) is 25.2. The molecule has 0 unspecified atom stereocenters. The van der Waals surface area contributed by atoms with Gasteiger partial charge in [0.05, 0.1) is 12.2 Å². The fourth-order valence-corrected chi connectivity index (χ4v) is 7.08. The number of anilines is 1. The van der Waals surface area contributed by atoms with Crippen LogP contribution in [0.4, 0.5) is 10.2 Å². The highest BCUT2D eigenvalue weighted by Crippen LogP contribution is 2.44. The van der Waals surface area contributed by atoms with Gasteiger partial charge < -0.3 is 19.6 Å². The minimum Gasteiger partial charge on any atom is -0.440 e. The third-order valence-corrected chi connectivity index (χ3v) is 9.66. The number of halogens is 1. The number of fused-ring (bicyclic) bond motifs is 1. The number of oxazole rings is 1. The number of hydrogen-bond donors (Lipinski definition) is 2. The number of pyridine rings is 2. The van der Waals surface area contributed by atoms with Crippen LogP contribution in [0.2, 0.25) is 0 Å². The van der Waals surface area contributed by atoms with Crippen LogP contribution in [-0.4, -0.2) is 37.6 Å². The van der Waals surface area contributed by atoms with E-state index in [4.69, 9.17) is 14.4 Å². The number of hydrogen-bond acceptors (Lipinski definition) is 7. The van der Waals surface area contributed by atoms with Gasteiger partial charge >= 0.3 is 0 Å². The van der Waals surface area contributed by atoms with Crippen molar-refractivity contribution >= 4 is 16.9 Å². The van der Waals surface area contributed by atoms with Crippen molar-refractivity contribution in [2.45, 2.75) is 44.2 Å². The molecule has 0 aliphatic heterocycles. The lowest BCUT2D eigenvalue weighted by molar-refractivity contribution is 0.465. The molecular formula is C42H40FN7O. The van der Waals surface area contributed by atoms with Gasteiger partial charge in [-0.2, -0.15) is 0 Å². The Kier molecular flexibility index (Phi) is 9.36. The molecule has 1 aliphatic rings. The molecule has 0 bridgehead atoms. The Morgan fingerprint density at radius 1 is 0.745 bits per heavy atom. The van der Waals surface area contributed by atoms with Gasteiger partial charge in [-0.3, -0.25) is 4.98 Å². The maximum absolute atomic E-state index is 14.1. The molecule has 1 saturated carbocycles. The van der Waals surface area contributed by atoms with Crippen molar-refractivity contribution < 1.29 is 8.81 Å². The molecule has 0 radical (unpaired) electrons. The van der Waals surface area contributed by atoms with Crippen LogP contribution >= 0.6 is 0 Å². The number of aromatic nitrogens is 5. The van der Waals surface area contributed by atoms with Crippen molar-refractivity contribution in [2.24, 2.45) is 5.92 Å². The van der Waals surface area contributed by atoms with Gasteiger partial charge in [-0.25, -0.2) is 19.3 Å². The first-order valence-corrected chi connectivity index (χ1v) is 17.7. The van der Waals surface area contributed by atoms with Crippen LogP contribution in [0.3, 0.4) is 0 Å². The Balaban J connectivity index is 1.03. The molecule has 51 heavy (non-hydrogen) atoms. The van der Waals surface area contributed by atoms with Crippen LogP contribution in [0.1, 0.15) is 52.6 Å². The fraction of sp³-hybridized carbons (Fsp3) is 0.238.